The molecule has 2 nitrogen and oxygen atoms in total. The quantitative estimate of drug-likeness (QED) is 0.742. The number of aromatic nitrogens is 1. The second-order valence-electron chi connectivity index (χ2n) is 5.47. The van der Waals surface area contributed by atoms with Crippen molar-refractivity contribution in [1.29, 1.82) is 0 Å². The summed E-state index contributed by atoms with van der Waals surface area (Å²) in [6.07, 6.45) is 0. The van der Waals surface area contributed by atoms with Gasteiger partial charge in [0.2, 0.25) is 0 Å². The van der Waals surface area contributed by atoms with E-state index >= 15 is 0 Å². The van der Waals surface area contributed by atoms with Gasteiger partial charge in [-0.2, -0.15) is 0 Å². The molecule has 0 radical (unpaired) electrons. The van der Waals surface area contributed by atoms with Crippen LogP contribution >= 0.6 is 15.9 Å². The van der Waals surface area contributed by atoms with E-state index in [2.05, 4.69) is 66.0 Å². The van der Waals surface area contributed by atoms with Gasteiger partial charge >= 0.3 is 0 Å². The van der Waals surface area contributed by atoms with Gasteiger partial charge in [-0.3, -0.25) is 0 Å². The van der Waals surface area contributed by atoms with Crippen LogP contribution in [0.5, 0.6) is 0 Å². The lowest BCUT2D eigenvalue weighted by atomic mass is 9.86. The van der Waals surface area contributed by atoms with E-state index in [0.29, 0.717) is 11.2 Å². The number of nitrogens with zero attached hydrogens (tertiary/aromatic N) is 1. The average molecular weight is 308 g/mol. The molecule has 96 valence electrons. The molecule has 0 atom stereocenters. The van der Waals surface area contributed by atoms with Crippen LogP contribution in [0.2, 0.25) is 0 Å². The highest BCUT2D eigenvalue weighted by Crippen LogP contribution is 2.28. The first kappa shape index (κ1) is 13.3. The SMILES string of the molecule is Cc1nc(-c2ccc(C(C)(C)C)cc2)c(CBr)o1. The van der Waals surface area contributed by atoms with Crippen molar-refractivity contribution in [2.24, 2.45) is 0 Å². The van der Waals surface area contributed by atoms with Gasteiger partial charge in [-0.05, 0) is 11.0 Å². The standard InChI is InChI=1S/C15H18BrNO/c1-10-17-14(13(9-16)18-10)11-5-7-12(8-6-11)15(2,3)4/h5-8H,9H2,1-4H3. The van der Waals surface area contributed by atoms with Crippen molar-refractivity contribution in [2.75, 3.05) is 0 Å². The number of halogens is 1. The van der Waals surface area contributed by atoms with Gasteiger partial charge < -0.3 is 4.42 Å². The lowest BCUT2D eigenvalue weighted by Gasteiger charge is -2.18. The van der Waals surface area contributed by atoms with Gasteiger partial charge in [-0.25, -0.2) is 4.98 Å². The highest BCUT2D eigenvalue weighted by molar-refractivity contribution is 9.08. The highest BCUT2D eigenvalue weighted by Gasteiger charge is 2.15. The third kappa shape index (κ3) is 2.66. The monoisotopic (exact) mass is 307 g/mol. The van der Waals surface area contributed by atoms with E-state index < -0.39 is 0 Å². The fourth-order valence-electron chi connectivity index (χ4n) is 1.91. The summed E-state index contributed by atoms with van der Waals surface area (Å²) < 4.78 is 5.56. The van der Waals surface area contributed by atoms with Crippen LogP contribution in [0.4, 0.5) is 0 Å². The van der Waals surface area contributed by atoms with Crippen LogP contribution in [0, 0.1) is 6.92 Å². The summed E-state index contributed by atoms with van der Waals surface area (Å²) in [5.74, 6) is 1.59. The molecule has 0 aliphatic rings. The number of benzene rings is 1. The third-order valence-corrected chi connectivity index (χ3v) is 3.46. The molecule has 0 saturated heterocycles. The molecule has 2 rings (SSSR count). The van der Waals surface area contributed by atoms with Crippen molar-refractivity contribution in [3.05, 3.63) is 41.5 Å². The zero-order valence-corrected chi connectivity index (χ0v) is 12.8. The Morgan fingerprint density at radius 3 is 2.28 bits per heavy atom. The summed E-state index contributed by atoms with van der Waals surface area (Å²) >= 11 is 3.43. The van der Waals surface area contributed by atoms with E-state index in [-0.39, 0.29) is 5.41 Å². The normalized spacial score (nSPS) is 11.8. The maximum Gasteiger partial charge on any atom is 0.191 e. The second kappa shape index (κ2) is 4.88. The number of aryl methyl sites for hydroxylation is 1. The second-order valence-corrected chi connectivity index (χ2v) is 6.03. The molecular formula is C15H18BrNO. The molecule has 0 saturated carbocycles. The third-order valence-electron chi connectivity index (χ3n) is 2.95. The smallest absolute Gasteiger partial charge is 0.191 e. The molecule has 0 spiro atoms. The molecule has 18 heavy (non-hydrogen) atoms. The van der Waals surface area contributed by atoms with Gasteiger partial charge in [-0.1, -0.05) is 61.0 Å². The Morgan fingerprint density at radius 2 is 1.78 bits per heavy atom. The predicted molar refractivity (Wildman–Crippen MR) is 78.0 cm³/mol. The molecule has 1 heterocycles. The van der Waals surface area contributed by atoms with Crippen LogP contribution in [-0.4, -0.2) is 4.98 Å². The largest absolute Gasteiger partial charge is 0.444 e. The molecular weight excluding hydrogens is 290 g/mol. The maximum atomic E-state index is 5.56. The maximum absolute atomic E-state index is 5.56. The van der Waals surface area contributed by atoms with E-state index in [1.807, 2.05) is 6.92 Å². The van der Waals surface area contributed by atoms with Gasteiger partial charge in [0.1, 0.15) is 11.5 Å². The average Bonchev–Trinajstić information content (AvgIpc) is 2.69. The molecule has 0 amide bonds. The highest BCUT2D eigenvalue weighted by atomic mass is 79.9. The summed E-state index contributed by atoms with van der Waals surface area (Å²) in [5, 5.41) is 0.685. The van der Waals surface area contributed by atoms with E-state index in [9.17, 15) is 0 Å². The lowest BCUT2D eigenvalue weighted by Crippen LogP contribution is -2.10. The molecule has 0 aliphatic carbocycles. The fourth-order valence-corrected chi connectivity index (χ4v) is 2.29. The zero-order valence-electron chi connectivity index (χ0n) is 11.2. The molecule has 0 bridgehead atoms. The zero-order chi connectivity index (χ0) is 13.3. The number of hydrogen-bond donors (Lipinski definition) is 0. The fraction of sp³-hybridized carbons (Fsp3) is 0.400. The van der Waals surface area contributed by atoms with Gasteiger partial charge in [0, 0.05) is 12.5 Å². The number of hydrogen-bond acceptors (Lipinski definition) is 2. The Bertz CT molecular complexity index is 535. The summed E-state index contributed by atoms with van der Waals surface area (Å²) in [7, 11) is 0. The Balaban J connectivity index is 2.40. The van der Waals surface area contributed by atoms with Crippen LogP contribution in [0.3, 0.4) is 0 Å². The molecule has 1 aromatic carbocycles. The number of oxazole rings is 1. The van der Waals surface area contributed by atoms with Gasteiger partial charge in [0.25, 0.3) is 0 Å². The van der Waals surface area contributed by atoms with Gasteiger partial charge in [-0.15, -0.1) is 0 Å². The van der Waals surface area contributed by atoms with Crippen molar-refractivity contribution < 1.29 is 4.42 Å². The van der Waals surface area contributed by atoms with Crippen LogP contribution in [0.15, 0.2) is 28.7 Å². The molecule has 0 fully saturated rings. The van der Waals surface area contributed by atoms with Crippen molar-refractivity contribution >= 4 is 15.9 Å². The Hall–Kier alpha value is -1.09. The summed E-state index contributed by atoms with van der Waals surface area (Å²) in [5.41, 5.74) is 3.54. The summed E-state index contributed by atoms with van der Waals surface area (Å²) in [6.45, 7) is 8.52. The van der Waals surface area contributed by atoms with Gasteiger partial charge in [0.05, 0.1) is 5.33 Å². The van der Waals surface area contributed by atoms with Crippen LogP contribution in [0.25, 0.3) is 11.3 Å². The van der Waals surface area contributed by atoms with Crippen LogP contribution < -0.4 is 0 Å². The molecule has 0 N–H and O–H groups in total. The van der Waals surface area contributed by atoms with E-state index in [4.69, 9.17) is 4.42 Å². The van der Waals surface area contributed by atoms with E-state index in [1.54, 1.807) is 0 Å². The number of rotatable bonds is 2. The lowest BCUT2D eigenvalue weighted by molar-refractivity contribution is 0.492. The minimum atomic E-state index is 0.177. The van der Waals surface area contributed by atoms with Crippen molar-refractivity contribution in [3.8, 4) is 11.3 Å². The van der Waals surface area contributed by atoms with Crippen molar-refractivity contribution in [3.63, 3.8) is 0 Å². The van der Waals surface area contributed by atoms with Gasteiger partial charge in [0.15, 0.2) is 5.89 Å². The Kier molecular flexibility index (Phi) is 3.62. The Labute approximate surface area is 117 Å². The minimum absolute atomic E-state index is 0.177. The minimum Gasteiger partial charge on any atom is -0.444 e. The van der Waals surface area contributed by atoms with E-state index in [1.165, 1.54) is 5.56 Å². The van der Waals surface area contributed by atoms with Crippen LogP contribution in [-0.2, 0) is 10.7 Å². The molecule has 1 aromatic heterocycles. The topological polar surface area (TPSA) is 26.0 Å². The molecule has 0 unspecified atom stereocenters. The van der Waals surface area contributed by atoms with E-state index in [0.717, 1.165) is 17.0 Å². The summed E-state index contributed by atoms with van der Waals surface area (Å²) in [4.78, 5) is 4.45. The molecule has 0 aliphatic heterocycles. The van der Waals surface area contributed by atoms with Crippen molar-refractivity contribution in [1.82, 2.24) is 4.98 Å². The predicted octanol–water partition coefficient (Wildman–Crippen LogP) is 4.84. The molecule has 2 aromatic rings. The van der Waals surface area contributed by atoms with Crippen LogP contribution in [0.1, 0.15) is 38.0 Å². The first-order chi connectivity index (χ1) is 8.41. The first-order valence-corrected chi connectivity index (χ1v) is 7.17. The first-order valence-electron chi connectivity index (χ1n) is 6.05. The molecule has 3 heteroatoms. The van der Waals surface area contributed by atoms with Crippen molar-refractivity contribution in [2.45, 2.75) is 38.4 Å². The number of alkyl halides is 1. The summed E-state index contributed by atoms with van der Waals surface area (Å²) in [6, 6.07) is 8.56. The Morgan fingerprint density at radius 1 is 1.17 bits per heavy atom.